The number of carbonyl (C=O) groups excluding carboxylic acids is 1. The maximum absolute atomic E-state index is 13.2. The van der Waals surface area contributed by atoms with Gasteiger partial charge >= 0.3 is 0 Å². The summed E-state index contributed by atoms with van der Waals surface area (Å²) < 4.78 is 27.7. The van der Waals surface area contributed by atoms with E-state index in [4.69, 9.17) is 11.6 Å². The van der Waals surface area contributed by atoms with Crippen molar-refractivity contribution in [1.82, 2.24) is 9.73 Å². The van der Waals surface area contributed by atoms with Crippen LogP contribution in [0.25, 0.3) is 0 Å². The second-order valence-electron chi connectivity index (χ2n) is 7.41. The van der Waals surface area contributed by atoms with Gasteiger partial charge in [0.1, 0.15) is 0 Å². The molecule has 0 atom stereocenters. The Hall–Kier alpha value is -2.82. The second kappa shape index (κ2) is 10.7. The minimum atomic E-state index is -3.87. The molecule has 0 saturated heterocycles. The first-order valence-electron chi connectivity index (χ1n) is 10.1. The quantitative estimate of drug-likeness (QED) is 0.352. The van der Waals surface area contributed by atoms with Crippen LogP contribution in [0.2, 0.25) is 5.02 Å². The molecule has 0 aromatic heterocycles. The van der Waals surface area contributed by atoms with Gasteiger partial charge in [0.05, 0.1) is 22.6 Å². The maximum atomic E-state index is 13.2. The van der Waals surface area contributed by atoms with Gasteiger partial charge in [0.2, 0.25) is 10.0 Å². The molecule has 1 amide bonds. The molecule has 1 fully saturated rings. The molecule has 32 heavy (non-hydrogen) atoms. The lowest BCUT2D eigenvalue weighted by atomic mass is 9.95. The van der Waals surface area contributed by atoms with Crippen molar-refractivity contribution < 1.29 is 18.1 Å². The number of hydrazone groups is 1. The van der Waals surface area contributed by atoms with Gasteiger partial charge in [-0.05, 0) is 31.0 Å². The second-order valence-corrected chi connectivity index (χ2v) is 9.71. The molecule has 3 rings (SSSR count). The van der Waals surface area contributed by atoms with Crippen molar-refractivity contribution in [2.75, 3.05) is 6.54 Å². The number of nitro groups is 1. The van der Waals surface area contributed by atoms with Crippen molar-refractivity contribution in [2.24, 2.45) is 5.10 Å². The number of non-ortho nitro benzene ring substituents is 1. The Morgan fingerprint density at radius 1 is 1.19 bits per heavy atom. The average Bonchev–Trinajstić information content (AvgIpc) is 2.79. The van der Waals surface area contributed by atoms with Crippen molar-refractivity contribution in [2.45, 2.75) is 43.0 Å². The van der Waals surface area contributed by atoms with Crippen molar-refractivity contribution in [1.29, 1.82) is 0 Å². The molecule has 2 aromatic carbocycles. The molecule has 0 bridgehead atoms. The SMILES string of the molecule is O=C(CN(C1CCCCC1)S(=O)(=O)c1ccccc1)NN=Cc1cc([N+](=O)[O-])ccc1Cl. The fourth-order valence-corrected chi connectivity index (χ4v) is 5.43. The van der Waals surface area contributed by atoms with E-state index in [-0.39, 0.29) is 33.8 Å². The summed E-state index contributed by atoms with van der Waals surface area (Å²) in [6.45, 7) is -0.387. The largest absolute Gasteiger partial charge is 0.272 e. The number of rotatable bonds is 8. The Kier molecular flexibility index (Phi) is 7.94. The highest BCUT2D eigenvalue weighted by molar-refractivity contribution is 7.89. The smallest absolute Gasteiger partial charge is 0.270 e. The summed E-state index contributed by atoms with van der Waals surface area (Å²) in [5.41, 5.74) is 2.38. The number of nitro benzene ring substituents is 1. The normalized spacial score (nSPS) is 15.2. The van der Waals surface area contributed by atoms with Gasteiger partial charge in [0.25, 0.3) is 11.6 Å². The van der Waals surface area contributed by atoms with Crippen LogP contribution < -0.4 is 5.43 Å². The fraction of sp³-hybridized carbons (Fsp3) is 0.333. The first kappa shape index (κ1) is 23.8. The van der Waals surface area contributed by atoms with Gasteiger partial charge in [-0.25, -0.2) is 13.8 Å². The van der Waals surface area contributed by atoms with Crippen molar-refractivity contribution in [3.63, 3.8) is 0 Å². The van der Waals surface area contributed by atoms with Crippen molar-refractivity contribution in [3.8, 4) is 0 Å². The van der Waals surface area contributed by atoms with Gasteiger partial charge in [0, 0.05) is 28.8 Å². The Bertz CT molecular complexity index is 1100. The molecule has 1 aliphatic carbocycles. The summed E-state index contributed by atoms with van der Waals surface area (Å²) in [4.78, 5) is 23.0. The molecule has 2 aromatic rings. The average molecular weight is 479 g/mol. The zero-order chi connectivity index (χ0) is 23.1. The van der Waals surface area contributed by atoms with Gasteiger partial charge in [-0.15, -0.1) is 0 Å². The van der Waals surface area contributed by atoms with Crippen LogP contribution in [0.1, 0.15) is 37.7 Å². The molecule has 9 nitrogen and oxygen atoms in total. The van der Waals surface area contributed by atoms with E-state index in [9.17, 15) is 23.3 Å². The molecule has 0 heterocycles. The lowest BCUT2D eigenvalue weighted by Gasteiger charge is -2.32. The van der Waals surface area contributed by atoms with Crippen LogP contribution >= 0.6 is 11.6 Å². The van der Waals surface area contributed by atoms with Gasteiger partial charge < -0.3 is 0 Å². The number of nitrogens with one attached hydrogen (secondary N) is 1. The highest BCUT2D eigenvalue weighted by Gasteiger charge is 2.33. The summed E-state index contributed by atoms with van der Waals surface area (Å²) >= 11 is 6.02. The summed E-state index contributed by atoms with van der Waals surface area (Å²) in [5, 5.41) is 14.9. The van der Waals surface area contributed by atoms with E-state index >= 15 is 0 Å². The molecule has 0 spiro atoms. The van der Waals surface area contributed by atoms with Crippen molar-refractivity contribution >= 4 is 39.4 Å². The van der Waals surface area contributed by atoms with E-state index in [1.807, 2.05) is 0 Å². The van der Waals surface area contributed by atoms with Crippen LogP contribution in [0, 0.1) is 10.1 Å². The van der Waals surface area contributed by atoms with E-state index in [0.29, 0.717) is 12.8 Å². The first-order chi connectivity index (χ1) is 15.3. The van der Waals surface area contributed by atoms with Crippen molar-refractivity contribution in [3.05, 3.63) is 69.2 Å². The van der Waals surface area contributed by atoms with E-state index < -0.39 is 20.9 Å². The van der Waals surface area contributed by atoms with Crippen LogP contribution in [-0.4, -0.2) is 42.4 Å². The Labute approximate surface area is 191 Å². The van der Waals surface area contributed by atoms with Crippen LogP contribution in [-0.2, 0) is 14.8 Å². The van der Waals surface area contributed by atoms with E-state index in [0.717, 1.165) is 19.3 Å². The summed E-state index contributed by atoms with van der Waals surface area (Å²) in [6.07, 6.45) is 5.39. The molecular formula is C21H23ClN4O5S. The molecule has 0 aliphatic heterocycles. The van der Waals surface area contributed by atoms with Crippen LogP contribution in [0.3, 0.4) is 0 Å². The lowest BCUT2D eigenvalue weighted by molar-refractivity contribution is -0.384. The molecule has 1 aliphatic rings. The third-order valence-corrected chi connectivity index (χ3v) is 7.47. The third kappa shape index (κ3) is 5.90. The molecule has 0 radical (unpaired) electrons. The monoisotopic (exact) mass is 478 g/mol. The standard InChI is InChI=1S/C21H23ClN4O5S/c22-20-12-11-18(26(28)29)13-16(20)14-23-24-21(27)15-25(17-7-3-1-4-8-17)32(30,31)19-9-5-2-6-10-19/h2,5-6,9-14,17H,1,3-4,7-8,15H2,(H,24,27). The fourth-order valence-electron chi connectivity index (χ4n) is 3.60. The van der Waals surface area contributed by atoms with Gasteiger partial charge in [-0.2, -0.15) is 9.41 Å². The minimum absolute atomic E-state index is 0.130. The number of nitrogens with zero attached hydrogens (tertiary/aromatic N) is 3. The van der Waals surface area contributed by atoms with Crippen LogP contribution in [0.15, 0.2) is 58.5 Å². The summed E-state index contributed by atoms with van der Waals surface area (Å²) in [7, 11) is -3.87. The zero-order valence-corrected chi connectivity index (χ0v) is 18.8. The number of sulfonamides is 1. The molecule has 0 unspecified atom stereocenters. The number of carbonyl (C=O) groups is 1. The number of benzene rings is 2. The third-order valence-electron chi connectivity index (χ3n) is 5.21. The predicted octanol–water partition coefficient (Wildman–Crippen LogP) is 3.72. The summed E-state index contributed by atoms with van der Waals surface area (Å²) in [5.74, 6) is -0.618. The van der Waals surface area contributed by atoms with Gasteiger partial charge in [-0.3, -0.25) is 14.9 Å². The number of amides is 1. The van der Waals surface area contributed by atoms with E-state index in [2.05, 4.69) is 10.5 Å². The first-order valence-corrected chi connectivity index (χ1v) is 11.9. The van der Waals surface area contributed by atoms with Gasteiger partial charge in [0.15, 0.2) is 0 Å². The molecule has 11 heteroatoms. The number of hydrogen-bond acceptors (Lipinski definition) is 6. The lowest BCUT2D eigenvalue weighted by Crippen LogP contribution is -2.46. The number of halogens is 1. The zero-order valence-electron chi connectivity index (χ0n) is 17.2. The maximum Gasteiger partial charge on any atom is 0.270 e. The minimum Gasteiger partial charge on any atom is -0.272 e. The molecule has 1 N–H and O–H groups in total. The Balaban J connectivity index is 1.75. The van der Waals surface area contributed by atoms with Gasteiger partial charge in [-0.1, -0.05) is 49.1 Å². The number of hydrogen-bond donors (Lipinski definition) is 1. The molecular weight excluding hydrogens is 456 g/mol. The van der Waals surface area contributed by atoms with E-state index in [1.54, 1.807) is 18.2 Å². The van der Waals surface area contributed by atoms with E-state index in [1.165, 1.54) is 40.9 Å². The molecule has 1 saturated carbocycles. The predicted molar refractivity (Wildman–Crippen MR) is 121 cm³/mol. The summed E-state index contributed by atoms with van der Waals surface area (Å²) in [6, 6.07) is 11.6. The Morgan fingerprint density at radius 3 is 2.53 bits per heavy atom. The molecule has 170 valence electrons. The highest BCUT2D eigenvalue weighted by atomic mass is 35.5. The highest BCUT2D eigenvalue weighted by Crippen LogP contribution is 2.27. The topological polar surface area (TPSA) is 122 Å². The van der Waals surface area contributed by atoms with Crippen LogP contribution in [0.5, 0.6) is 0 Å². The Morgan fingerprint density at radius 2 is 1.88 bits per heavy atom. The van der Waals surface area contributed by atoms with Crippen LogP contribution in [0.4, 0.5) is 5.69 Å².